The van der Waals surface area contributed by atoms with Crippen LogP contribution in [0.4, 0.5) is 0 Å². The third kappa shape index (κ3) is 2.75. The molecule has 5 fully saturated rings. The fourth-order valence-electron chi connectivity index (χ4n) is 9.02. The van der Waals surface area contributed by atoms with E-state index >= 15 is 0 Å². The SMILES string of the molecule is COC[C@@]1(O)CC[C@H]2[C@H](CC[C@@H]3[C@@H]2CC[C@]2(C)C(C(=O)CBr)C4CC4[C@@H]32)C1. The first-order chi connectivity index (χ1) is 12.9. The minimum Gasteiger partial charge on any atom is -0.387 e. The highest BCUT2D eigenvalue weighted by Gasteiger charge is 2.70. The molecule has 5 rings (SSSR count). The molecule has 4 heteroatoms. The van der Waals surface area contributed by atoms with E-state index in [1.165, 1.54) is 38.5 Å². The van der Waals surface area contributed by atoms with Gasteiger partial charge in [0.25, 0.3) is 0 Å². The number of carbonyl (C=O) groups excluding carboxylic acids is 1. The van der Waals surface area contributed by atoms with E-state index in [1.54, 1.807) is 7.11 Å². The minimum atomic E-state index is -0.589. The van der Waals surface area contributed by atoms with Crippen LogP contribution in [0.1, 0.15) is 58.3 Å². The molecule has 0 amide bonds. The van der Waals surface area contributed by atoms with Crippen molar-refractivity contribution >= 4 is 21.7 Å². The summed E-state index contributed by atoms with van der Waals surface area (Å²) in [7, 11) is 1.71. The average Bonchev–Trinajstić information content (AvgIpc) is 3.35. The maximum atomic E-state index is 12.7. The van der Waals surface area contributed by atoms with Crippen molar-refractivity contribution in [3.63, 3.8) is 0 Å². The fraction of sp³-hybridized carbons (Fsp3) is 0.957. The molecule has 5 aliphatic carbocycles. The molecule has 0 aromatic heterocycles. The number of methoxy groups -OCH3 is 1. The van der Waals surface area contributed by atoms with Crippen LogP contribution in [-0.2, 0) is 9.53 Å². The molecular formula is C23H35BrO3. The zero-order valence-corrected chi connectivity index (χ0v) is 18.4. The Hall–Kier alpha value is 0.0700. The molecule has 152 valence electrons. The van der Waals surface area contributed by atoms with Gasteiger partial charge in [-0.25, -0.2) is 0 Å². The number of alkyl halides is 1. The van der Waals surface area contributed by atoms with Gasteiger partial charge in [0.15, 0.2) is 0 Å². The molecule has 0 heterocycles. The predicted molar refractivity (Wildman–Crippen MR) is 109 cm³/mol. The Morgan fingerprint density at radius 3 is 2.59 bits per heavy atom. The average molecular weight is 439 g/mol. The third-order valence-corrected chi connectivity index (χ3v) is 10.3. The number of rotatable bonds is 4. The largest absolute Gasteiger partial charge is 0.387 e. The van der Waals surface area contributed by atoms with Gasteiger partial charge in [-0.3, -0.25) is 4.79 Å². The summed E-state index contributed by atoms with van der Waals surface area (Å²) in [4.78, 5) is 12.7. The van der Waals surface area contributed by atoms with Crippen molar-refractivity contribution in [1.29, 1.82) is 0 Å². The lowest BCUT2D eigenvalue weighted by molar-refractivity contribution is -0.138. The van der Waals surface area contributed by atoms with Crippen LogP contribution >= 0.6 is 15.9 Å². The Bertz CT molecular complexity index is 623. The van der Waals surface area contributed by atoms with Gasteiger partial charge in [-0.1, -0.05) is 22.9 Å². The van der Waals surface area contributed by atoms with Crippen molar-refractivity contribution in [2.45, 2.75) is 63.9 Å². The zero-order valence-electron chi connectivity index (χ0n) is 16.8. The molecule has 3 unspecified atom stereocenters. The van der Waals surface area contributed by atoms with Gasteiger partial charge >= 0.3 is 0 Å². The lowest BCUT2D eigenvalue weighted by Gasteiger charge is -2.57. The number of hydrogen-bond acceptors (Lipinski definition) is 3. The van der Waals surface area contributed by atoms with Crippen LogP contribution in [0, 0.1) is 52.8 Å². The molecule has 0 aliphatic heterocycles. The fourth-order valence-corrected chi connectivity index (χ4v) is 9.37. The molecule has 5 saturated carbocycles. The molecule has 0 radical (unpaired) electrons. The quantitative estimate of drug-likeness (QED) is 0.659. The van der Waals surface area contributed by atoms with E-state index in [0.29, 0.717) is 35.5 Å². The Balaban J connectivity index is 1.37. The number of ketones is 1. The summed E-state index contributed by atoms with van der Waals surface area (Å²) < 4.78 is 5.32. The van der Waals surface area contributed by atoms with Crippen molar-refractivity contribution in [3.8, 4) is 0 Å². The first-order valence-electron chi connectivity index (χ1n) is 11.2. The van der Waals surface area contributed by atoms with Crippen molar-refractivity contribution in [2.75, 3.05) is 19.0 Å². The Morgan fingerprint density at radius 1 is 1.07 bits per heavy atom. The summed E-state index contributed by atoms with van der Waals surface area (Å²) in [5, 5.41) is 11.4. The van der Waals surface area contributed by atoms with Crippen LogP contribution in [0.5, 0.6) is 0 Å². The van der Waals surface area contributed by atoms with Gasteiger partial charge in [0.05, 0.1) is 17.5 Å². The van der Waals surface area contributed by atoms with Gasteiger partial charge in [0.1, 0.15) is 5.78 Å². The van der Waals surface area contributed by atoms with E-state index in [4.69, 9.17) is 4.74 Å². The standard InChI is InChI=1S/C23H35BrO3/c1-22-7-5-15-14-6-8-23(26,12-27-2)10-13(14)3-4-16(15)20(22)17-9-18(17)21(22)19(25)11-24/h13-18,20-21,26H,3-12H2,1-2H3/t13-,14+,15-,16-,17?,18?,20-,21?,22+,23-/m1/s1. The molecule has 0 aromatic carbocycles. The molecule has 0 spiro atoms. The van der Waals surface area contributed by atoms with Crippen molar-refractivity contribution < 1.29 is 14.6 Å². The summed E-state index contributed by atoms with van der Waals surface area (Å²) in [5.74, 6) is 6.27. The normalized spacial score (nSPS) is 55.9. The van der Waals surface area contributed by atoms with Gasteiger partial charge in [-0.15, -0.1) is 0 Å². The van der Waals surface area contributed by atoms with Crippen molar-refractivity contribution in [3.05, 3.63) is 0 Å². The lowest BCUT2D eigenvalue weighted by atomic mass is 9.48. The van der Waals surface area contributed by atoms with Crippen LogP contribution in [0.15, 0.2) is 0 Å². The van der Waals surface area contributed by atoms with E-state index in [-0.39, 0.29) is 5.41 Å². The molecule has 0 aromatic rings. The molecule has 27 heavy (non-hydrogen) atoms. The lowest BCUT2D eigenvalue weighted by Crippen LogP contribution is -2.53. The van der Waals surface area contributed by atoms with E-state index in [0.717, 1.165) is 42.4 Å². The second-order valence-corrected chi connectivity index (χ2v) is 11.5. The highest BCUT2D eigenvalue weighted by Crippen LogP contribution is 2.74. The monoisotopic (exact) mass is 438 g/mol. The number of ether oxygens (including phenoxy) is 1. The molecule has 10 atom stereocenters. The summed E-state index contributed by atoms with van der Waals surface area (Å²) in [6.45, 7) is 2.96. The minimum absolute atomic E-state index is 0.262. The van der Waals surface area contributed by atoms with Crippen LogP contribution in [0.25, 0.3) is 0 Å². The Morgan fingerprint density at radius 2 is 1.85 bits per heavy atom. The molecule has 0 bridgehead atoms. The molecule has 1 N–H and O–H groups in total. The molecular weight excluding hydrogens is 404 g/mol. The van der Waals surface area contributed by atoms with Gasteiger partial charge in [-0.05, 0) is 98.2 Å². The van der Waals surface area contributed by atoms with Crippen molar-refractivity contribution in [1.82, 2.24) is 0 Å². The first-order valence-corrected chi connectivity index (χ1v) is 12.3. The maximum Gasteiger partial charge on any atom is 0.147 e. The van der Waals surface area contributed by atoms with Crippen LogP contribution in [0.2, 0.25) is 0 Å². The van der Waals surface area contributed by atoms with Crippen LogP contribution in [-0.4, -0.2) is 35.5 Å². The molecule has 5 aliphatic rings. The Kier molecular flexibility index (Phi) is 4.61. The van der Waals surface area contributed by atoms with E-state index in [1.807, 2.05) is 0 Å². The number of fused-ring (bicyclic) bond motifs is 7. The topological polar surface area (TPSA) is 46.5 Å². The van der Waals surface area contributed by atoms with Crippen LogP contribution < -0.4 is 0 Å². The smallest absolute Gasteiger partial charge is 0.147 e. The van der Waals surface area contributed by atoms with Gasteiger partial charge in [0.2, 0.25) is 0 Å². The maximum absolute atomic E-state index is 12.7. The number of halogens is 1. The van der Waals surface area contributed by atoms with Crippen molar-refractivity contribution in [2.24, 2.45) is 52.8 Å². The van der Waals surface area contributed by atoms with Crippen LogP contribution in [0.3, 0.4) is 0 Å². The van der Waals surface area contributed by atoms with Gasteiger partial charge < -0.3 is 9.84 Å². The summed E-state index contributed by atoms with van der Waals surface area (Å²) in [6.07, 6.45) is 9.50. The van der Waals surface area contributed by atoms with E-state index in [2.05, 4.69) is 22.9 Å². The van der Waals surface area contributed by atoms with Gasteiger partial charge in [-0.2, -0.15) is 0 Å². The third-order valence-electron chi connectivity index (χ3n) is 9.78. The summed E-state index contributed by atoms with van der Waals surface area (Å²) in [5.41, 5.74) is -0.327. The second kappa shape index (κ2) is 6.54. The molecule has 3 nitrogen and oxygen atoms in total. The first kappa shape index (κ1) is 19.1. The zero-order chi connectivity index (χ0) is 19.0. The Labute approximate surface area is 172 Å². The highest BCUT2D eigenvalue weighted by molar-refractivity contribution is 9.09. The predicted octanol–water partition coefficient (Wildman–Crippen LogP) is 4.45. The number of carbonyl (C=O) groups is 1. The van der Waals surface area contributed by atoms with Gasteiger partial charge in [0, 0.05) is 13.0 Å². The number of aliphatic hydroxyl groups is 1. The second-order valence-electron chi connectivity index (χ2n) is 10.9. The van der Waals surface area contributed by atoms with E-state index < -0.39 is 5.60 Å². The molecule has 0 saturated heterocycles. The highest BCUT2D eigenvalue weighted by atomic mass is 79.9. The summed E-state index contributed by atoms with van der Waals surface area (Å²) in [6, 6.07) is 0. The number of hydrogen-bond donors (Lipinski definition) is 1. The summed E-state index contributed by atoms with van der Waals surface area (Å²) >= 11 is 3.47. The number of Topliss-reactive ketones (excluding diaryl/α,β-unsaturated/α-hetero) is 1. The van der Waals surface area contributed by atoms with E-state index in [9.17, 15) is 9.90 Å².